The molecule has 0 amide bonds. The lowest BCUT2D eigenvalue weighted by atomic mass is 10.3. The minimum absolute atomic E-state index is 0.382. The van der Waals surface area contributed by atoms with Crippen LogP contribution in [0.25, 0.3) is 5.69 Å². The highest BCUT2D eigenvalue weighted by molar-refractivity contribution is 7.98. The van der Waals surface area contributed by atoms with Crippen LogP contribution in [-0.4, -0.2) is 32.7 Å². The van der Waals surface area contributed by atoms with Crippen molar-refractivity contribution in [1.82, 2.24) is 9.78 Å². The van der Waals surface area contributed by atoms with Crippen LogP contribution in [0.4, 0.5) is 0 Å². The fourth-order valence-electron chi connectivity index (χ4n) is 1.52. The van der Waals surface area contributed by atoms with Crippen molar-refractivity contribution in [2.45, 2.75) is 11.8 Å². The molecule has 0 bridgehead atoms. The molecule has 0 spiro atoms. The quantitative estimate of drug-likeness (QED) is 0.836. The summed E-state index contributed by atoms with van der Waals surface area (Å²) < 4.78 is 1.80. The number of thioether (sulfide) groups is 1. The summed E-state index contributed by atoms with van der Waals surface area (Å²) in [5.41, 5.74) is 7.34. The van der Waals surface area contributed by atoms with Gasteiger partial charge in [0, 0.05) is 17.7 Å². The number of rotatable bonds is 6. The van der Waals surface area contributed by atoms with E-state index >= 15 is 0 Å². The maximum Gasteiger partial charge on any atom is 0.321 e. The van der Waals surface area contributed by atoms with Crippen LogP contribution in [0.5, 0.6) is 0 Å². The molecule has 2 rings (SSSR count). The lowest BCUT2D eigenvalue weighted by Gasteiger charge is -2.04. The second kappa shape index (κ2) is 6.40. The number of nitrogens with two attached hydrogens (primary N) is 1. The van der Waals surface area contributed by atoms with Crippen molar-refractivity contribution in [3.05, 3.63) is 48.3 Å². The maximum absolute atomic E-state index is 10.6. The Labute approximate surface area is 115 Å². The molecule has 1 aromatic carbocycles. The fourth-order valence-corrected chi connectivity index (χ4v) is 2.40. The van der Waals surface area contributed by atoms with Gasteiger partial charge in [0.15, 0.2) is 0 Å². The van der Waals surface area contributed by atoms with Crippen LogP contribution in [0.15, 0.2) is 42.6 Å². The van der Waals surface area contributed by atoms with Crippen LogP contribution in [0.2, 0.25) is 0 Å². The number of hydrogen-bond donors (Lipinski definition) is 2. The van der Waals surface area contributed by atoms with E-state index in [1.54, 1.807) is 4.68 Å². The van der Waals surface area contributed by atoms with E-state index in [1.165, 1.54) is 11.8 Å². The smallest absolute Gasteiger partial charge is 0.321 e. The normalized spacial score (nSPS) is 12.3. The van der Waals surface area contributed by atoms with Crippen LogP contribution in [-0.2, 0) is 10.5 Å². The number of carboxylic acid groups (broad SMARTS) is 1. The molecule has 0 aliphatic carbocycles. The Bertz CT molecular complexity index is 542. The van der Waals surface area contributed by atoms with Crippen molar-refractivity contribution in [1.29, 1.82) is 0 Å². The first-order valence-electron chi connectivity index (χ1n) is 5.83. The average molecular weight is 277 g/mol. The van der Waals surface area contributed by atoms with E-state index in [0.717, 1.165) is 11.4 Å². The lowest BCUT2D eigenvalue weighted by Crippen LogP contribution is -2.32. The number of nitrogens with zero attached hydrogens (tertiary/aromatic N) is 2. The van der Waals surface area contributed by atoms with E-state index in [0.29, 0.717) is 11.5 Å². The third-order valence-corrected chi connectivity index (χ3v) is 3.62. The maximum atomic E-state index is 10.6. The van der Waals surface area contributed by atoms with E-state index in [1.807, 2.05) is 42.6 Å². The second-order valence-electron chi connectivity index (χ2n) is 4.05. The third kappa shape index (κ3) is 3.84. The Balaban J connectivity index is 1.90. The molecule has 0 saturated carbocycles. The number of aliphatic carboxylic acids is 1. The van der Waals surface area contributed by atoms with Gasteiger partial charge in [-0.25, -0.2) is 4.68 Å². The van der Waals surface area contributed by atoms with Gasteiger partial charge in [0.2, 0.25) is 0 Å². The molecule has 1 heterocycles. The molecular formula is C13H15N3O2S. The first kappa shape index (κ1) is 13.6. The third-order valence-electron chi connectivity index (χ3n) is 2.53. The van der Waals surface area contributed by atoms with Crippen LogP contribution < -0.4 is 5.73 Å². The Morgan fingerprint density at radius 2 is 2.11 bits per heavy atom. The number of aromatic nitrogens is 2. The van der Waals surface area contributed by atoms with Crippen molar-refractivity contribution in [2.24, 2.45) is 5.73 Å². The molecule has 0 aliphatic rings. The molecule has 0 radical (unpaired) electrons. The number of hydrogen-bond acceptors (Lipinski definition) is 4. The topological polar surface area (TPSA) is 81.1 Å². The number of carboxylic acids is 1. The molecule has 2 aromatic rings. The minimum atomic E-state index is -0.970. The van der Waals surface area contributed by atoms with Gasteiger partial charge in [-0.15, -0.1) is 0 Å². The summed E-state index contributed by atoms with van der Waals surface area (Å²) >= 11 is 1.47. The summed E-state index contributed by atoms with van der Waals surface area (Å²) in [6.07, 6.45) is 1.89. The predicted molar refractivity (Wildman–Crippen MR) is 75.3 cm³/mol. The van der Waals surface area contributed by atoms with Gasteiger partial charge in [0.05, 0.1) is 11.4 Å². The van der Waals surface area contributed by atoms with Gasteiger partial charge in [-0.2, -0.15) is 16.9 Å². The molecule has 100 valence electrons. The van der Waals surface area contributed by atoms with E-state index in [-0.39, 0.29) is 0 Å². The Morgan fingerprint density at radius 3 is 2.79 bits per heavy atom. The SMILES string of the molecule is N[C@H](CSCc1ccn(-c2ccccc2)n1)C(=O)O. The van der Waals surface area contributed by atoms with Crippen molar-refractivity contribution >= 4 is 17.7 Å². The molecular weight excluding hydrogens is 262 g/mol. The summed E-state index contributed by atoms with van der Waals surface area (Å²) in [7, 11) is 0. The molecule has 1 aromatic heterocycles. The highest BCUT2D eigenvalue weighted by Crippen LogP contribution is 2.13. The average Bonchev–Trinajstić information content (AvgIpc) is 2.88. The van der Waals surface area contributed by atoms with Gasteiger partial charge in [0.25, 0.3) is 0 Å². The monoisotopic (exact) mass is 277 g/mol. The summed E-state index contributed by atoms with van der Waals surface area (Å²) in [6, 6.07) is 10.9. The van der Waals surface area contributed by atoms with Crippen molar-refractivity contribution in [3.8, 4) is 5.69 Å². The molecule has 0 aliphatic heterocycles. The molecule has 19 heavy (non-hydrogen) atoms. The van der Waals surface area contributed by atoms with Crippen molar-refractivity contribution in [2.75, 3.05) is 5.75 Å². The summed E-state index contributed by atoms with van der Waals surface area (Å²) in [6.45, 7) is 0. The van der Waals surface area contributed by atoms with Gasteiger partial charge in [-0.05, 0) is 18.2 Å². The van der Waals surface area contributed by atoms with Crippen molar-refractivity contribution in [3.63, 3.8) is 0 Å². The largest absolute Gasteiger partial charge is 0.480 e. The second-order valence-corrected chi connectivity index (χ2v) is 5.08. The Kier molecular flexibility index (Phi) is 4.59. The van der Waals surface area contributed by atoms with Gasteiger partial charge >= 0.3 is 5.97 Å². The molecule has 6 heteroatoms. The Hall–Kier alpha value is -1.79. The molecule has 0 fully saturated rings. The zero-order chi connectivity index (χ0) is 13.7. The number of benzene rings is 1. The van der Waals surface area contributed by atoms with Crippen LogP contribution in [0, 0.1) is 0 Å². The lowest BCUT2D eigenvalue weighted by molar-refractivity contribution is -0.137. The van der Waals surface area contributed by atoms with Crippen LogP contribution in [0.3, 0.4) is 0 Å². The van der Waals surface area contributed by atoms with E-state index in [2.05, 4.69) is 5.10 Å². The molecule has 0 saturated heterocycles. The summed E-state index contributed by atoms with van der Waals surface area (Å²) in [5, 5.41) is 13.1. The molecule has 5 nitrogen and oxygen atoms in total. The van der Waals surface area contributed by atoms with Gasteiger partial charge in [-0.1, -0.05) is 18.2 Å². The summed E-state index contributed by atoms with van der Waals surface area (Å²) in [5.74, 6) is 0.0660. The number of para-hydroxylation sites is 1. The highest BCUT2D eigenvalue weighted by atomic mass is 32.2. The van der Waals surface area contributed by atoms with Gasteiger partial charge in [0.1, 0.15) is 6.04 Å². The molecule has 1 atom stereocenters. The highest BCUT2D eigenvalue weighted by Gasteiger charge is 2.11. The number of carbonyl (C=O) groups is 1. The van der Waals surface area contributed by atoms with Crippen LogP contribution >= 0.6 is 11.8 Å². The van der Waals surface area contributed by atoms with Gasteiger partial charge < -0.3 is 10.8 Å². The standard InChI is InChI=1S/C13H15N3O2S/c14-12(13(17)18)9-19-8-10-6-7-16(15-10)11-4-2-1-3-5-11/h1-7,12H,8-9,14H2,(H,17,18)/t12-/m1/s1. The minimum Gasteiger partial charge on any atom is -0.480 e. The van der Waals surface area contributed by atoms with E-state index < -0.39 is 12.0 Å². The van der Waals surface area contributed by atoms with Crippen molar-refractivity contribution < 1.29 is 9.90 Å². The van der Waals surface area contributed by atoms with Crippen LogP contribution in [0.1, 0.15) is 5.69 Å². The molecule has 3 N–H and O–H groups in total. The zero-order valence-electron chi connectivity index (χ0n) is 10.3. The zero-order valence-corrected chi connectivity index (χ0v) is 11.1. The fraction of sp³-hybridized carbons (Fsp3) is 0.231. The van der Waals surface area contributed by atoms with Gasteiger partial charge in [-0.3, -0.25) is 4.79 Å². The summed E-state index contributed by atoms with van der Waals surface area (Å²) in [4.78, 5) is 10.6. The first-order valence-corrected chi connectivity index (χ1v) is 6.98. The molecule has 0 unspecified atom stereocenters. The van der Waals surface area contributed by atoms with E-state index in [9.17, 15) is 4.79 Å². The first-order chi connectivity index (χ1) is 9.16. The Morgan fingerprint density at radius 1 is 1.37 bits per heavy atom. The van der Waals surface area contributed by atoms with E-state index in [4.69, 9.17) is 10.8 Å². The predicted octanol–water partition coefficient (Wildman–Crippen LogP) is 1.52.